The predicted octanol–water partition coefficient (Wildman–Crippen LogP) is 4.04. The highest BCUT2D eigenvalue weighted by Crippen LogP contribution is 2.51. The van der Waals surface area contributed by atoms with Crippen molar-refractivity contribution in [2.45, 2.75) is 41.8 Å². The molecule has 1 saturated heterocycles. The van der Waals surface area contributed by atoms with Crippen LogP contribution in [0.15, 0.2) is 41.3 Å². The minimum atomic E-state index is -4.51. The van der Waals surface area contributed by atoms with Crippen LogP contribution in [0.1, 0.15) is 35.8 Å². The smallest absolute Gasteiger partial charge is 0.446 e. The summed E-state index contributed by atoms with van der Waals surface area (Å²) in [7, 11) is 3.56. The molecule has 0 bridgehead atoms. The molecular formula is C29H33F3N6O3S. The highest BCUT2D eigenvalue weighted by molar-refractivity contribution is 8.00. The lowest BCUT2D eigenvalue weighted by Gasteiger charge is -2.30. The van der Waals surface area contributed by atoms with E-state index in [2.05, 4.69) is 44.8 Å². The Balaban J connectivity index is 1.35. The van der Waals surface area contributed by atoms with E-state index in [-0.39, 0.29) is 46.9 Å². The molecule has 0 spiro atoms. The van der Waals surface area contributed by atoms with Crippen molar-refractivity contribution in [2.24, 2.45) is 5.92 Å². The Morgan fingerprint density at radius 1 is 1.33 bits per heavy atom. The standard InChI is InChI=1S/C29H33F3N6O3S/c1-18(39)16-34-27(40)19-9-10-21(24(14-19)41-3)33-12-5-6-22-26(42-29(30,31)32)23-7-4-8-25(38(23)36-22)35-28-11-13-37(2)17-20(28)15-28/h4,7-10,14,18,20,33,35,39H,11-13,15-17H2,1-3H3,(H,34,40)/t18-,20?,28+/m1/s1. The number of likely N-dealkylation sites (tertiary alicyclic amines) is 1. The highest BCUT2D eigenvalue weighted by atomic mass is 32.2. The summed E-state index contributed by atoms with van der Waals surface area (Å²) in [4.78, 5) is 14.6. The van der Waals surface area contributed by atoms with Crippen molar-refractivity contribution in [3.63, 3.8) is 0 Å². The van der Waals surface area contributed by atoms with Gasteiger partial charge in [0.1, 0.15) is 17.3 Å². The van der Waals surface area contributed by atoms with E-state index in [1.54, 1.807) is 37.3 Å². The summed E-state index contributed by atoms with van der Waals surface area (Å²) in [5.41, 5.74) is -3.27. The van der Waals surface area contributed by atoms with Gasteiger partial charge in [-0.25, -0.2) is 4.52 Å². The lowest BCUT2D eigenvalue weighted by atomic mass is 10.1. The highest BCUT2D eigenvalue weighted by Gasteiger charge is 2.56. The van der Waals surface area contributed by atoms with Crippen LogP contribution >= 0.6 is 11.8 Å². The molecule has 2 fully saturated rings. The van der Waals surface area contributed by atoms with E-state index in [0.29, 0.717) is 34.3 Å². The van der Waals surface area contributed by atoms with E-state index in [1.165, 1.54) is 11.6 Å². The van der Waals surface area contributed by atoms with E-state index in [0.717, 1.165) is 25.9 Å². The number of halogens is 3. The number of rotatable bonds is 9. The minimum Gasteiger partial charge on any atom is -0.495 e. The topological polar surface area (TPSA) is 103 Å². The molecule has 42 heavy (non-hydrogen) atoms. The van der Waals surface area contributed by atoms with Crippen LogP contribution < -0.4 is 20.7 Å². The van der Waals surface area contributed by atoms with Gasteiger partial charge in [0.2, 0.25) is 0 Å². The number of ether oxygens (including phenoxy) is 1. The van der Waals surface area contributed by atoms with E-state index in [9.17, 15) is 23.1 Å². The van der Waals surface area contributed by atoms with Crippen LogP contribution in [0, 0.1) is 17.8 Å². The molecule has 224 valence electrons. The SMILES string of the molecule is COc1cc(C(=O)NC[C@@H](C)O)ccc1NCC#Cc1nn2c(N[C@]34CCN(C)CC3C4)cccc2c1SC(F)(F)F. The third kappa shape index (κ3) is 6.72. The summed E-state index contributed by atoms with van der Waals surface area (Å²) in [5.74, 6) is 6.88. The van der Waals surface area contributed by atoms with Crippen molar-refractivity contribution >= 4 is 34.7 Å². The third-order valence-electron chi connectivity index (χ3n) is 7.51. The largest absolute Gasteiger partial charge is 0.495 e. The van der Waals surface area contributed by atoms with Crippen LogP contribution in [0.4, 0.5) is 24.7 Å². The first-order chi connectivity index (χ1) is 20.0. The third-order valence-corrected chi connectivity index (χ3v) is 8.34. The van der Waals surface area contributed by atoms with Gasteiger partial charge in [-0.1, -0.05) is 12.0 Å². The lowest BCUT2D eigenvalue weighted by Crippen LogP contribution is -2.39. The van der Waals surface area contributed by atoms with E-state index in [4.69, 9.17) is 4.74 Å². The second-order valence-corrected chi connectivity index (χ2v) is 11.8. The summed E-state index contributed by atoms with van der Waals surface area (Å²) in [6.45, 7) is 3.73. The second kappa shape index (κ2) is 11.9. The molecule has 1 saturated carbocycles. The fourth-order valence-electron chi connectivity index (χ4n) is 5.28. The Hall–Kier alpha value is -3.60. The molecule has 3 heterocycles. The molecule has 1 aromatic carbocycles. The molecule has 13 heteroatoms. The maximum atomic E-state index is 13.6. The Morgan fingerprint density at radius 3 is 2.86 bits per heavy atom. The van der Waals surface area contributed by atoms with Crippen molar-refractivity contribution in [1.82, 2.24) is 19.8 Å². The average Bonchev–Trinajstić information content (AvgIpc) is 3.53. The number of carbonyl (C=O) groups excluding carboxylic acids is 1. The van der Waals surface area contributed by atoms with Gasteiger partial charge in [-0.15, -0.1) is 0 Å². The van der Waals surface area contributed by atoms with Gasteiger partial charge < -0.3 is 30.7 Å². The maximum Gasteiger partial charge on any atom is 0.446 e. The minimum absolute atomic E-state index is 0.0405. The van der Waals surface area contributed by atoms with E-state index < -0.39 is 11.6 Å². The van der Waals surface area contributed by atoms with Crippen LogP contribution in [0.25, 0.3) is 5.52 Å². The Morgan fingerprint density at radius 2 is 2.14 bits per heavy atom. The van der Waals surface area contributed by atoms with Gasteiger partial charge in [0.15, 0.2) is 0 Å². The summed E-state index contributed by atoms with van der Waals surface area (Å²) in [6, 6.07) is 10.00. The number of aromatic nitrogens is 2. The van der Waals surface area contributed by atoms with Crippen molar-refractivity contribution in [3.8, 4) is 17.6 Å². The number of nitrogens with zero attached hydrogens (tertiary/aromatic N) is 3. The number of pyridine rings is 1. The van der Waals surface area contributed by atoms with Gasteiger partial charge in [-0.3, -0.25) is 4.79 Å². The van der Waals surface area contributed by atoms with Crippen LogP contribution in [0.5, 0.6) is 5.75 Å². The molecular weight excluding hydrogens is 569 g/mol. The van der Waals surface area contributed by atoms with Gasteiger partial charge >= 0.3 is 5.51 Å². The molecule has 1 amide bonds. The first-order valence-electron chi connectivity index (χ1n) is 13.6. The Kier molecular flexibility index (Phi) is 8.50. The van der Waals surface area contributed by atoms with Gasteiger partial charge in [-0.2, -0.15) is 18.3 Å². The van der Waals surface area contributed by atoms with Crippen LogP contribution in [0.2, 0.25) is 0 Å². The van der Waals surface area contributed by atoms with Gasteiger partial charge in [-0.05, 0) is 80.7 Å². The normalized spacial score (nSPS) is 20.7. The number of methoxy groups -OCH3 is 1. The zero-order valence-electron chi connectivity index (χ0n) is 23.5. The fraction of sp³-hybridized carbons (Fsp3) is 0.448. The number of amides is 1. The molecule has 0 radical (unpaired) electrons. The maximum absolute atomic E-state index is 13.6. The van der Waals surface area contributed by atoms with Crippen molar-refractivity contribution in [1.29, 1.82) is 0 Å². The quantitative estimate of drug-likeness (QED) is 0.215. The first kappa shape index (κ1) is 29.9. The number of piperidine rings is 1. The lowest BCUT2D eigenvalue weighted by molar-refractivity contribution is -0.0327. The summed E-state index contributed by atoms with van der Waals surface area (Å²) >= 11 is -0.216. The average molecular weight is 603 g/mol. The van der Waals surface area contributed by atoms with Gasteiger partial charge in [0.05, 0.1) is 35.9 Å². The fourth-order valence-corrected chi connectivity index (χ4v) is 5.96. The molecule has 3 atom stereocenters. The molecule has 2 aliphatic rings. The number of carbonyl (C=O) groups is 1. The number of fused-ring (bicyclic) bond motifs is 2. The number of alkyl halides is 3. The predicted molar refractivity (Wildman–Crippen MR) is 156 cm³/mol. The second-order valence-electron chi connectivity index (χ2n) is 10.8. The molecule has 1 unspecified atom stereocenters. The number of aliphatic hydroxyl groups excluding tert-OH is 1. The number of hydrogen-bond donors (Lipinski definition) is 4. The number of hydrogen-bond acceptors (Lipinski definition) is 8. The van der Waals surface area contributed by atoms with Crippen LogP contribution in [-0.2, 0) is 0 Å². The van der Waals surface area contributed by atoms with Crippen molar-refractivity contribution in [3.05, 3.63) is 47.7 Å². The molecule has 9 nitrogen and oxygen atoms in total. The number of nitrogens with one attached hydrogen (secondary N) is 3. The molecule has 1 aliphatic heterocycles. The summed E-state index contributed by atoms with van der Waals surface area (Å²) in [6.07, 6.45) is 1.31. The first-order valence-corrected chi connectivity index (χ1v) is 14.4. The van der Waals surface area contributed by atoms with Gasteiger partial charge in [0.25, 0.3) is 5.91 Å². The summed E-state index contributed by atoms with van der Waals surface area (Å²) in [5, 5.41) is 23.2. The monoisotopic (exact) mass is 602 g/mol. The number of benzene rings is 1. The molecule has 5 rings (SSSR count). The molecule has 1 aliphatic carbocycles. The molecule has 3 aromatic rings. The van der Waals surface area contributed by atoms with Crippen LogP contribution in [0.3, 0.4) is 0 Å². The summed E-state index contributed by atoms with van der Waals surface area (Å²) < 4.78 is 47.6. The Bertz CT molecular complexity index is 1530. The zero-order valence-corrected chi connectivity index (χ0v) is 24.3. The van der Waals surface area contributed by atoms with Crippen molar-refractivity contribution < 1.29 is 27.8 Å². The van der Waals surface area contributed by atoms with Gasteiger partial charge in [0, 0.05) is 30.7 Å². The van der Waals surface area contributed by atoms with E-state index in [1.807, 2.05) is 6.07 Å². The zero-order chi connectivity index (χ0) is 30.1. The number of aliphatic hydroxyl groups is 1. The molecule has 2 aromatic heterocycles. The van der Waals surface area contributed by atoms with Crippen LogP contribution in [-0.4, -0.2) is 83.0 Å². The van der Waals surface area contributed by atoms with Crippen molar-refractivity contribution in [2.75, 3.05) is 51.0 Å². The number of thioether (sulfide) groups is 1. The number of anilines is 2. The Labute approximate surface area is 246 Å². The van der Waals surface area contributed by atoms with E-state index >= 15 is 0 Å². The molecule has 4 N–H and O–H groups in total.